The van der Waals surface area contributed by atoms with E-state index in [4.69, 9.17) is 16.3 Å². The van der Waals surface area contributed by atoms with E-state index >= 15 is 0 Å². The molecule has 0 radical (unpaired) electrons. The molecule has 7 nitrogen and oxygen atoms in total. The SMILES string of the molecule is CN(Cc1ccc(Cl)s1)C(=O)COC(=O)CCCc1nc2ccccc2c(=O)[nH]1. The van der Waals surface area contributed by atoms with Crippen LogP contribution in [0.1, 0.15) is 23.5 Å². The Morgan fingerprint density at radius 2 is 2.03 bits per heavy atom. The number of nitrogens with one attached hydrogen (secondary N) is 1. The van der Waals surface area contributed by atoms with E-state index in [2.05, 4.69) is 9.97 Å². The Balaban J connectivity index is 1.42. The number of likely N-dealkylation sites (N-methyl/N-ethyl adjacent to an activating group) is 1. The van der Waals surface area contributed by atoms with Gasteiger partial charge in [0.05, 0.1) is 21.8 Å². The highest BCUT2D eigenvalue weighted by molar-refractivity contribution is 7.16. The number of fused-ring (bicyclic) bond motifs is 1. The molecule has 1 aromatic carbocycles. The highest BCUT2D eigenvalue weighted by Gasteiger charge is 2.13. The minimum Gasteiger partial charge on any atom is -0.456 e. The molecule has 9 heteroatoms. The van der Waals surface area contributed by atoms with Gasteiger partial charge in [-0.25, -0.2) is 4.98 Å². The van der Waals surface area contributed by atoms with Gasteiger partial charge in [-0.2, -0.15) is 0 Å². The highest BCUT2D eigenvalue weighted by Crippen LogP contribution is 2.22. The fraction of sp³-hybridized carbons (Fsp3) is 0.300. The van der Waals surface area contributed by atoms with Gasteiger partial charge in [-0.3, -0.25) is 14.4 Å². The molecule has 152 valence electrons. The van der Waals surface area contributed by atoms with Gasteiger partial charge in [0.2, 0.25) is 0 Å². The molecule has 0 saturated carbocycles. The molecule has 0 aliphatic heterocycles. The lowest BCUT2D eigenvalue weighted by Crippen LogP contribution is -2.30. The zero-order valence-corrected chi connectivity index (χ0v) is 17.4. The Bertz CT molecular complexity index is 1080. The number of aromatic nitrogens is 2. The van der Waals surface area contributed by atoms with Crippen molar-refractivity contribution in [1.29, 1.82) is 0 Å². The van der Waals surface area contributed by atoms with Gasteiger partial charge < -0.3 is 14.6 Å². The van der Waals surface area contributed by atoms with Crippen LogP contribution in [0.4, 0.5) is 0 Å². The van der Waals surface area contributed by atoms with Crippen LogP contribution in [0.2, 0.25) is 4.34 Å². The predicted molar refractivity (Wildman–Crippen MR) is 112 cm³/mol. The molecule has 0 aliphatic rings. The third-order valence-electron chi connectivity index (χ3n) is 4.26. The lowest BCUT2D eigenvalue weighted by Gasteiger charge is -2.16. The number of halogens is 1. The number of esters is 1. The van der Waals surface area contributed by atoms with Crippen LogP contribution in [0.25, 0.3) is 10.9 Å². The fourth-order valence-electron chi connectivity index (χ4n) is 2.74. The van der Waals surface area contributed by atoms with E-state index in [0.29, 0.717) is 40.5 Å². The summed E-state index contributed by atoms with van der Waals surface area (Å²) in [6.07, 6.45) is 1.02. The molecule has 1 amide bonds. The summed E-state index contributed by atoms with van der Waals surface area (Å²) >= 11 is 7.28. The van der Waals surface area contributed by atoms with E-state index in [9.17, 15) is 14.4 Å². The van der Waals surface area contributed by atoms with Crippen LogP contribution >= 0.6 is 22.9 Å². The fourth-order valence-corrected chi connectivity index (χ4v) is 3.88. The maximum Gasteiger partial charge on any atom is 0.306 e. The third kappa shape index (κ3) is 5.88. The topological polar surface area (TPSA) is 92.4 Å². The van der Waals surface area contributed by atoms with E-state index in [1.54, 1.807) is 31.3 Å². The number of carbonyl (C=O) groups is 2. The van der Waals surface area contributed by atoms with Crippen LogP contribution in [0.5, 0.6) is 0 Å². The van der Waals surface area contributed by atoms with Gasteiger partial charge >= 0.3 is 5.97 Å². The van der Waals surface area contributed by atoms with E-state index < -0.39 is 5.97 Å². The molecule has 1 N–H and O–H groups in total. The zero-order valence-electron chi connectivity index (χ0n) is 15.8. The smallest absolute Gasteiger partial charge is 0.306 e. The lowest BCUT2D eigenvalue weighted by molar-refractivity contribution is -0.151. The van der Waals surface area contributed by atoms with Crippen molar-refractivity contribution >= 4 is 45.7 Å². The first-order chi connectivity index (χ1) is 13.9. The largest absolute Gasteiger partial charge is 0.456 e. The minimum absolute atomic E-state index is 0.133. The number of amides is 1. The van der Waals surface area contributed by atoms with Crippen molar-refractivity contribution in [2.75, 3.05) is 13.7 Å². The molecule has 3 rings (SSSR count). The van der Waals surface area contributed by atoms with Crippen LogP contribution in [-0.2, 0) is 27.3 Å². The van der Waals surface area contributed by atoms with Crippen molar-refractivity contribution in [3.8, 4) is 0 Å². The summed E-state index contributed by atoms with van der Waals surface area (Å²) in [5.41, 5.74) is 0.420. The second kappa shape index (κ2) is 9.67. The second-order valence-electron chi connectivity index (χ2n) is 6.50. The van der Waals surface area contributed by atoms with Crippen LogP contribution in [0.15, 0.2) is 41.2 Å². The van der Waals surface area contributed by atoms with E-state index in [1.165, 1.54) is 16.2 Å². The Morgan fingerprint density at radius 3 is 2.79 bits per heavy atom. The number of ether oxygens (including phenoxy) is 1. The minimum atomic E-state index is -0.464. The van der Waals surface area contributed by atoms with Crippen molar-refractivity contribution < 1.29 is 14.3 Å². The van der Waals surface area contributed by atoms with Crippen molar-refractivity contribution in [1.82, 2.24) is 14.9 Å². The summed E-state index contributed by atoms with van der Waals surface area (Å²) < 4.78 is 5.72. The van der Waals surface area contributed by atoms with Crippen LogP contribution < -0.4 is 5.56 Å². The number of thiophene rings is 1. The molecular weight excluding hydrogens is 414 g/mol. The summed E-state index contributed by atoms with van der Waals surface area (Å²) in [5, 5.41) is 0.531. The molecule has 0 bridgehead atoms. The summed E-state index contributed by atoms with van der Waals surface area (Å²) in [4.78, 5) is 45.6. The number of carbonyl (C=O) groups excluding carboxylic acids is 2. The summed E-state index contributed by atoms with van der Waals surface area (Å²) in [7, 11) is 1.64. The van der Waals surface area contributed by atoms with Gasteiger partial charge in [0.1, 0.15) is 5.82 Å². The number of benzene rings is 1. The number of H-pyrrole nitrogens is 1. The second-order valence-corrected chi connectivity index (χ2v) is 8.30. The molecule has 2 aromatic heterocycles. The maximum atomic E-state index is 12.1. The average Bonchev–Trinajstić information content (AvgIpc) is 3.10. The third-order valence-corrected chi connectivity index (χ3v) is 5.48. The van der Waals surface area contributed by atoms with Crippen molar-refractivity contribution in [3.63, 3.8) is 0 Å². The van der Waals surface area contributed by atoms with Gasteiger partial charge in [0.15, 0.2) is 6.61 Å². The standard InChI is InChI=1S/C20H20ClN3O4S/c1-24(11-13-9-10-16(21)29-13)18(25)12-28-19(26)8-4-7-17-22-15-6-3-2-5-14(15)20(27)23-17/h2-3,5-6,9-10H,4,7-8,11-12H2,1H3,(H,22,23,27). The monoisotopic (exact) mass is 433 g/mol. The number of hydrogen-bond acceptors (Lipinski definition) is 6. The predicted octanol–water partition coefficient (Wildman–Crippen LogP) is 3.16. The van der Waals surface area contributed by atoms with Crippen molar-refractivity contribution in [2.24, 2.45) is 0 Å². The molecule has 0 fully saturated rings. The van der Waals surface area contributed by atoms with Gasteiger partial charge in [0.25, 0.3) is 11.5 Å². The van der Waals surface area contributed by atoms with Crippen LogP contribution in [-0.4, -0.2) is 40.4 Å². The normalized spacial score (nSPS) is 10.8. The van der Waals surface area contributed by atoms with Gasteiger partial charge in [-0.1, -0.05) is 23.7 Å². The first-order valence-corrected chi connectivity index (χ1v) is 10.2. The maximum absolute atomic E-state index is 12.1. The van der Waals surface area contributed by atoms with Gasteiger partial charge in [-0.05, 0) is 30.7 Å². The van der Waals surface area contributed by atoms with Crippen molar-refractivity contribution in [3.05, 3.63) is 61.8 Å². The zero-order chi connectivity index (χ0) is 20.8. The van der Waals surface area contributed by atoms with E-state index in [1.807, 2.05) is 12.1 Å². The quantitative estimate of drug-likeness (QED) is 0.551. The Labute approximate surface area is 176 Å². The van der Waals surface area contributed by atoms with E-state index in [-0.39, 0.29) is 24.5 Å². The molecule has 0 aliphatic carbocycles. The molecule has 2 heterocycles. The molecule has 29 heavy (non-hydrogen) atoms. The first-order valence-electron chi connectivity index (χ1n) is 9.04. The number of nitrogens with zero attached hydrogens (tertiary/aromatic N) is 2. The number of para-hydroxylation sites is 1. The van der Waals surface area contributed by atoms with Crippen molar-refractivity contribution in [2.45, 2.75) is 25.8 Å². The summed E-state index contributed by atoms with van der Waals surface area (Å²) in [6.45, 7) is 0.105. The number of rotatable bonds is 8. The molecule has 0 atom stereocenters. The Morgan fingerprint density at radius 1 is 1.24 bits per heavy atom. The Hall–Kier alpha value is -2.71. The highest BCUT2D eigenvalue weighted by atomic mass is 35.5. The summed E-state index contributed by atoms with van der Waals surface area (Å²) in [5.74, 6) is -0.232. The van der Waals surface area contributed by atoms with Gasteiger partial charge in [-0.15, -0.1) is 11.3 Å². The molecule has 0 saturated heterocycles. The first kappa shape index (κ1) is 21.0. The molecule has 3 aromatic rings. The molecule has 0 unspecified atom stereocenters. The van der Waals surface area contributed by atoms with Gasteiger partial charge in [0, 0.05) is 24.8 Å². The summed E-state index contributed by atoms with van der Waals surface area (Å²) in [6, 6.07) is 10.7. The number of aryl methyl sites for hydroxylation is 1. The number of hydrogen-bond donors (Lipinski definition) is 1. The van der Waals surface area contributed by atoms with E-state index in [0.717, 1.165) is 4.88 Å². The van der Waals surface area contributed by atoms with Crippen LogP contribution in [0, 0.1) is 0 Å². The average molecular weight is 434 g/mol. The lowest BCUT2D eigenvalue weighted by atomic mass is 10.2. The molecule has 0 spiro atoms. The number of aromatic amines is 1. The molecular formula is C20H20ClN3O4S. The Kier molecular flexibility index (Phi) is 7.00. The van der Waals surface area contributed by atoms with Crippen LogP contribution in [0.3, 0.4) is 0 Å².